The SMILES string of the molecule is CCC(N)c1ccccc1N(CCOC)CCOC. The zero-order chi connectivity index (χ0) is 14.1. The van der Waals surface area contributed by atoms with Crippen molar-refractivity contribution in [2.75, 3.05) is 45.4 Å². The van der Waals surface area contributed by atoms with Crippen molar-refractivity contribution in [3.8, 4) is 0 Å². The van der Waals surface area contributed by atoms with E-state index in [0.29, 0.717) is 13.2 Å². The van der Waals surface area contributed by atoms with Crippen LogP contribution < -0.4 is 10.6 Å². The number of hydrogen-bond acceptors (Lipinski definition) is 4. The van der Waals surface area contributed by atoms with Gasteiger partial charge < -0.3 is 20.1 Å². The van der Waals surface area contributed by atoms with E-state index < -0.39 is 0 Å². The van der Waals surface area contributed by atoms with Crippen molar-refractivity contribution < 1.29 is 9.47 Å². The molecule has 19 heavy (non-hydrogen) atoms. The van der Waals surface area contributed by atoms with E-state index in [4.69, 9.17) is 15.2 Å². The van der Waals surface area contributed by atoms with Crippen molar-refractivity contribution >= 4 is 5.69 Å². The van der Waals surface area contributed by atoms with Gasteiger partial charge in [0.25, 0.3) is 0 Å². The highest BCUT2D eigenvalue weighted by Crippen LogP contribution is 2.26. The van der Waals surface area contributed by atoms with Gasteiger partial charge in [0, 0.05) is 39.0 Å². The lowest BCUT2D eigenvalue weighted by atomic mass is 10.0. The largest absolute Gasteiger partial charge is 0.383 e. The summed E-state index contributed by atoms with van der Waals surface area (Å²) >= 11 is 0. The monoisotopic (exact) mass is 266 g/mol. The molecular weight excluding hydrogens is 240 g/mol. The minimum Gasteiger partial charge on any atom is -0.383 e. The zero-order valence-electron chi connectivity index (χ0n) is 12.3. The van der Waals surface area contributed by atoms with Gasteiger partial charge in [-0.15, -0.1) is 0 Å². The van der Waals surface area contributed by atoms with Crippen LogP contribution in [0.15, 0.2) is 24.3 Å². The molecule has 0 saturated heterocycles. The quantitative estimate of drug-likeness (QED) is 0.744. The highest BCUT2D eigenvalue weighted by Gasteiger charge is 2.14. The number of anilines is 1. The van der Waals surface area contributed by atoms with E-state index in [1.807, 2.05) is 12.1 Å². The Morgan fingerprint density at radius 3 is 2.21 bits per heavy atom. The van der Waals surface area contributed by atoms with Crippen LogP contribution in [-0.2, 0) is 9.47 Å². The molecule has 1 atom stereocenters. The summed E-state index contributed by atoms with van der Waals surface area (Å²) in [6.07, 6.45) is 0.930. The van der Waals surface area contributed by atoms with Gasteiger partial charge in [0.1, 0.15) is 0 Å². The fraction of sp³-hybridized carbons (Fsp3) is 0.600. The van der Waals surface area contributed by atoms with Crippen LogP contribution in [0.1, 0.15) is 24.9 Å². The summed E-state index contributed by atoms with van der Waals surface area (Å²) in [5.74, 6) is 0. The summed E-state index contributed by atoms with van der Waals surface area (Å²) in [7, 11) is 3.44. The highest BCUT2D eigenvalue weighted by atomic mass is 16.5. The van der Waals surface area contributed by atoms with Crippen molar-refractivity contribution in [3.05, 3.63) is 29.8 Å². The molecule has 1 unspecified atom stereocenters. The maximum atomic E-state index is 6.20. The van der Waals surface area contributed by atoms with Crippen molar-refractivity contribution in [1.29, 1.82) is 0 Å². The molecule has 1 aromatic rings. The summed E-state index contributed by atoms with van der Waals surface area (Å²) in [6, 6.07) is 8.39. The van der Waals surface area contributed by atoms with Gasteiger partial charge in [-0.25, -0.2) is 0 Å². The lowest BCUT2D eigenvalue weighted by Crippen LogP contribution is -2.32. The normalized spacial score (nSPS) is 12.4. The molecule has 0 amide bonds. The lowest BCUT2D eigenvalue weighted by molar-refractivity contribution is 0.190. The first-order chi connectivity index (χ1) is 9.24. The van der Waals surface area contributed by atoms with Crippen LogP contribution in [0.2, 0.25) is 0 Å². The fourth-order valence-corrected chi connectivity index (χ4v) is 2.06. The van der Waals surface area contributed by atoms with Crippen LogP contribution in [-0.4, -0.2) is 40.5 Å². The second-order valence-corrected chi connectivity index (χ2v) is 4.55. The number of para-hydroxylation sites is 1. The van der Waals surface area contributed by atoms with Crippen molar-refractivity contribution in [2.24, 2.45) is 5.73 Å². The van der Waals surface area contributed by atoms with E-state index in [1.165, 1.54) is 11.3 Å². The molecule has 108 valence electrons. The highest BCUT2D eigenvalue weighted by molar-refractivity contribution is 5.55. The van der Waals surface area contributed by atoms with E-state index in [0.717, 1.165) is 19.5 Å². The van der Waals surface area contributed by atoms with Gasteiger partial charge in [-0.3, -0.25) is 0 Å². The summed E-state index contributed by atoms with van der Waals surface area (Å²) in [5.41, 5.74) is 8.58. The van der Waals surface area contributed by atoms with Crippen LogP contribution in [0.5, 0.6) is 0 Å². The number of ether oxygens (including phenoxy) is 2. The predicted molar refractivity (Wildman–Crippen MR) is 79.6 cm³/mol. The molecule has 0 heterocycles. The third-order valence-electron chi connectivity index (χ3n) is 3.25. The fourth-order valence-electron chi connectivity index (χ4n) is 2.06. The second kappa shape index (κ2) is 8.91. The Labute approximate surface area is 116 Å². The number of methoxy groups -OCH3 is 2. The number of nitrogens with two attached hydrogens (primary N) is 1. The van der Waals surface area contributed by atoms with Crippen molar-refractivity contribution in [3.63, 3.8) is 0 Å². The smallest absolute Gasteiger partial charge is 0.0637 e. The first-order valence-corrected chi connectivity index (χ1v) is 6.81. The molecule has 1 aromatic carbocycles. The number of hydrogen-bond donors (Lipinski definition) is 1. The Morgan fingerprint density at radius 1 is 1.11 bits per heavy atom. The Kier molecular flexibility index (Phi) is 7.48. The van der Waals surface area contributed by atoms with Crippen molar-refractivity contribution in [1.82, 2.24) is 0 Å². The molecule has 4 nitrogen and oxygen atoms in total. The molecule has 0 aromatic heterocycles. The summed E-state index contributed by atoms with van der Waals surface area (Å²) in [6.45, 7) is 5.18. The van der Waals surface area contributed by atoms with Crippen LogP contribution in [0.3, 0.4) is 0 Å². The first kappa shape index (κ1) is 16.0. The molecule has 2 N–H and O–H groups in total. The Morgan fingerprint density at radius 2 is 1.68 bits per heavy atom. The van der Waals surface area contributed by atoms with Gasteiger partial charge in [0.05, 0.1) is 13.2 Å². The molecule has 4 heteroatoms. The molecule has 0 radical (unpaired) electrons. The molecule has 1 rings (SSSR count). The number of rotatable bonds is 9. The van der Waals surface area contributed by atoms with Gasteiger partial charge in [0.15, 0.2) is 0 Å². The van der Waals surface area contributed by atoms with Gasteiger partial charge in [-0.1, -0.05) is 25.1 Å². The second-order valence-electron chi connectivity index (χ2n) is 4.55. The van der Waals surface area contributed by atoms with Crippen molar-refractivity contribution in [2.45, 2.75) is 19.4 Å². The Hall–Kier alpha value is -1.10. The molecule has 0 aliphatic heterocycles. The Bertz CT molecular complexity index is 350. The summed E-state index contributed by atoms with van der Waals surface area (Å²) in [5, 5.41) is 0. The maximum absolute atomic E-state index is 6.20. The number of benzene rings is 1. The lowest BCUT2D eigenvalue weighted by Gasteiger charge is -2.28. The van der Waals surface area contributed by atoms with Crippen LogP contribution in [0.4, 0.5) is 5.69 Å². The standard InChI is InChI=1S/C15H26N2O2/c1-4-14(16)13-7-5-6-8-15(13)17(9-11-18-2)10-12-19-3/h5-8,14H,4,9-12,16H2,1-3H3. The zero-order valence-corrected chi connectivity index (χ0v) is 12.3. The predicted octanol–water partition coefficient (Wildman–Crippen LogP) is 2.20. The van der Waals surface area contributed by atoms with E-state index >= 15 is 0 Å². The molecule has 0 spiro atoms. The average Bonchev–Trinajstić information content (AvgIpc) is 2.47. The minimum absolute atomic E-state index is 0.0730. The average molecular weight is 266 g/mol. The van der Waals surface area contributed by atoms with E-state index in [2.05, 4.69) is 24.0 Å². The molecular formula is C15H26N2O2. The van der Waals surface area contributed by atoms with Gasteiger partial charge >= 0.3 is 0 Å². The van der Waals surface area contributed by atoms with E-state index in [-0.39, 0.29) is 6.04 Å². The topological polar surface area (TPSA) is 47.7 Å². The third-order valence-corrected chi connectivity index (χ3v) is 3.25. The van der Waals surface area contributed by atoms with Crippen LogP contribution in [0, 0.1) is 0 Å². The van der Waals surface area contributed by atoms with Gasteiger partial charge in [-0.2, -0.15) is 0 Å². The first-order valence-electron chi connectivity index (χ1n) is 6.81. The third kappa shape index (κ3) is 4.82. The van der Waals surface area contributed by atoms with E-state index in [1.54, 1.807) is 14.2 Å². The summed E-state index contributed by atoms with van der Waals surface area (Å²) in [4.78, 5) is 2.28. The molecule has 0 fully saturated rings. The van der Waals surface area contributed by atoms with Gasteiger partial charge in [0.2, 0.25) is 0 Å². The Balaban J connectivity index is 2.92. The van der Waals surface area contributed by atoms with E-state index in [9.17, 15) is 0 Å². The maximum Gasteiger partial charge on any atom is 0.0637 e. The molecule has 0 saturated carbocycles. The molecule has 0 aliphatic carbocycles. The van der Waals surface area contributed by atoms with Crippen LogP contribution >= 0.6 is 0 Å². The summed E-state index contributed by atoms with van der Waals surface area (Å²) < 4.78 is 10.4. The molecule has 0 bridgehead atoms. The number of nitrogens with zero attached hydrogens (tertiary/aromatic N) is 1. The van der Waals surface area contributed by atoms with Crippen LogP contribution in [0.25, 0.3) is 0 Å². The minimum atomic E-state index is 0.0730. The molecule has 0 aliphatic rings. The van der Waals surface area contributed by atoms with Gasteiger partial charge in [-0.05, 0) is 18.1 Å².